The summed E-state index contributed by atoms with van der Waals surface area (Å²) in [6.45, 7) is 6.99. The van der Waals surface area contributed by atoms with Gasteiger partial charge in [-0.25, -0.2) is 0 Å². The monoisotopic (exact) mass is 225 g/mol. The van der Waals surface area contributed by atoms with Crippen LogP contribution in [0, 0.1) is 11.8 Å². The summed E-state index contributed by atoms with van der Waals surface area (Å²) in [7, 11) is 2.19. The van der Waals surface area contributed by atoms with Gasteiger partial charge in [-0.05, 0) is 38.7 Å². The average Bonchev–Trinajstić information content (AvgIpc) is 2.13. The lowest BCUT2D eigenvalue weighted by atomic mass is 9.73. The van der Waals surface area contributed by atoms with E-state index >= 15 is 0 Å². The third-order valence-electron chi connectivity index (χ3n) is 4.04. The summed E-state index contributed by atoms with van der Waals surface area (Å²) in [5, 5.41) is 0.901. The maximum absolute atomic E-state index is 6.10. The predicted octanol–water partition coefficient (Wildman–Crippen LogP) is 3.76. The van der Waals surface area contributed by atoms with Crippen LogP contribution in [0.1, 0.15) is 33.6 Å². The van der Waals surface area contributed by atoms with Gasteiger partial charge in [-0.15, -0.1) is 0 Å². The van der Waals surface area contributed by atoms with Gasteiger partial charge in [0.15, 0.2) is 0 Å². The Morgan fingerprint density at radius 3 is 2.80 bits per heavy atom. The summed E-state index contributed by atoms with van der Waals surface area (Å²) in [6, 6.07) is 0. The molecule has 1 fully saturated rings. The van der Waals surface area contributed by atoms with Crippen LogP contribution in [0.25, 0.3) is 0 Å². The van der Waals surface area contributed by atoms with E-state index in [1.165, 1.54) is 12.1 Å². The first kappa shape index (κ1) is 11.1. The lowest BCUT2D eigenvalue weighted by Crippen LogP contribution is -2.49. The lowest BCUT2D eigenvalue weighted by molar-refractivity contribution is 0.0820. The number of allylic oxidation sites excluding steroid dienone is 4. The van der Waals surface area contributed by atoms with Gasteiger partial charge in [0.25, 0.3) is 0 Å². The van der Waals surface area contributed by atoms with Crippen LogP contribution < -0.4 is 0 Å². The molecule has 1 aliphatic heterocycles. The first-order valence-electron chi connectivity index (χ1n) is 5.73. The highest BCUT2D eigenvalue weighted by molar-refractivity contribution is 6.31. The quantitative estimate of drug-likeness (QED) is 0.607. The average molecular weight is 226 g/mol. The van der Waals surface area contributed by atoms with Gasteiger partial charge in [-0.1, -0.05) is 24.6 Å². The topological polar surface area (TPSA) is 3.24 Å². The number of hydrogen-bond acceptors (Lipinski definition) is 1. The maximum atomic E-state index is 6.10. The van der Waals surface area contributed by atoms with Gasteiger partial charge in [0.1, 0.15) is 0 Å². The zero-order chi connectivity index (χ0) is 11.2. The standard InChI is InChI=1S/C13H20ClN/c1-9-8-13(2,3)15(4)12-7-10(14)5-6-11(9)12/h5,7,9,11H,6,8H2,1-4H3. The second-order valence-electron chi connectivity index (χ2n) is 5.55. The molecule has 1 heterocycles. The van der Waals surface area contributed by atoms with Gasteiger partial charge in [0.05, 0.1) is 0 Å². The minimum atomic E-state index is 0.260. The van der Waals surface area contributed by atoms with Crippen molar-refractivity contribution in [1.29, 1.82) is 0 Å². The second-order valence-corrected chi connectivity index (χ2v) is 5.99. The molecule has 0 radical (unpaired) electrons. The molecule has 0 aromatic heterocycles. The Bertz CT molecular complexity index is 327. The van der Waals surface area contributed by atoms with E-state index in [2.05, 4.69) is 44.9 Å². The highest BCUT2D eigenvalue weighted by Gasteiger charge is 2.39. The first-order valence-corrected chi connectivity index (χ1v) is 6.11. The highest BCUT2D eigenvalue weighted by atomic mass is 35.5. The van der Waals surface area contributed by atoms with E-state index in [9.17, 15) is 0 Å². The largest absolute Gasteiger partial charge is 0.372 e. The van der Waals surface area contributed by atoms with Crippen molar-refractivity contribution < 1.29 is 0 Å². The van der Waals surface area contributed by atoms with Crippen molar-refractivity contribution >= 4 is 11.6 Å². The molecule has 0 aromatic rings. The van der Waals surface area contributed by atoms with Crippen molar-refractivity contribution in [2.45, 2.75) is 39.2 Å². The minimum Gasteiger partial charge on any atom is -0.372 e. The molecule has 2 aliphatic rings. The summed E-state index contributed by atoms with van der Waals surface area (Å²) in [6.07, 6.45) is 6.66. The van der Waals surface area contributed by atoms with Gasteiger partial charge < -0.3 is 4.90 Å². The van der Waals surface area contributed by atoms with E-state index < -0.39 is 0 Å². The Balaban J connectivity index is 2.36. The SMILES string of the molecule is CC1CC(C)(C)N(C)C2=CC(Cl)=CCC21. The zero-order valence-corrected chi connectivity index (χ0v) is 10.8. The molecule has 2 atom stereocenters. The van der Waals surface area contributed by atoms with Crippen LogP contribution in [0.4, 0.5) is 0 Å². The van der Waals surface area contributed by atoms with Gasteiger partial charge in [0.2, 0.25) is 0 Å². The minimum absolute atomic E-state index is 0.260. The number of piperidine rings is 1. The number of rotatable bonds is 0. The Kier molecular flexibility index (Phi) is 2.62. The molecule has 0 spiro atoms. The van der Waals surface area contributed by atoms with Gasteiger partial charge >= 0.3 is 0 Å². The van der Waals surface area contributed by atoms with Crippen LogP contribution in [0.3, 0.4) is 0 Å². The number of likely N-dealkylation sites (tertiary alicyclic amines) is 1. The normalized spacial score (nSPS) is 34.3. The molecule has 2 rings (SSSR count). The van der Waals surface area contributed by atoms with Gasteiger partial charge in [-0.2, -0.15) is 0 Å². The number of nitrogens with zero attached hydrogens (tertiary/aromatic N) is 1. The number of halogens is 1. The van der Waals surface area contributed by atoms with Crippen LogP contribution in [0.5, 0.6) is 0 Å². The zero-order valence-electron chi connectivity index (χ0n) is 10.0. The van der Waals surface area contributed by atoms with Crippen molar-refractivity contribution in [3.05, 3.63) is 22.9 Å². The van der Waals surface area contributed by atoms with E-state index in [-0.39, 0.29) is 5.54 Å². The number of fused-ring (bicyclic) bond motifs is 1. The lowest BCUT2D eigenvalue weighted by Gasteiger charge is -2.50. The van der Waals surface area contributed by atoms with Crippen molar-refractivity contribution in [2.24, 2.45) is 11.8 Å². The van der Waals surface area contributed by atoms with Crippen LogP contribution >= 0.6 is 11.6 Å². The predicted molar refractivity (Wildman–Crippen MR) is 65.7 cm³/mol. The summed E-state index contributed by atoms with van der Waals surface area (Å²) in [5.41, 5.74) is 1.68. The fraction of sp³-hybridized carbons (Fsp3) is 0.692. The van der Waals surface area contributed by atoms with Crippen molar-refractivity contribution in [2.75, 3.05) is 7.05 Å². The maximum Gasteiger partial charge on any atom is 0.0383 e. The van der Waals surface area contributed by atoms with Crippen LogP contribution in [-0.4, -0.2) is 17.5 Å². The van der Waals surface area contributed by atoms with Gasteiger partial charge in [-0.3, -0.25) is 0 Å². The fourth-order valence-electron chi connectivity index (χ4n) is 2.95. The molecule has 0 aromatic carbocycles. The van der Waals surface area contributed by atoms with E-state index in [0.717, 1.165) is 17.4 Å². The molecule has 2 unspecified atom stereocenters. The molecule has 15 heavy (non-hydrogen) atoms. The van der Waals surface area contributed by atoms with Crippen LogP contribution in [0.2, 0.25) is 0 Å². The van der Waals surface area contributed by atoms with E-state index in [4.69, 9.17) is 11.6 Å². The van der Waals surface area contributed by atoms with Crippen LogP contribution in [-0.2, 0) is 0 Å². The Labute approximate surface area is 97.8 Å². The third-order valence-corrected chi connectivity index (χ3v) is 4.30. The summed E-state index contributed by atoms with van der Waals surface area (Å²) in [5.74, 6) is 1.42. The molecular weight excluding hydrogens is 206 g/mol. The molecule has 1 aliphatic carbocycles. The Hall–Kier alpha value is -0.430. The van der Waals surface area contributed by atoms with Crippen LogP contribution in [0.15, 0.2) is 22.9 Å². The molecule has 0 saturated carbocycles. The molecular formula is C13H20ClN. The van der Waals surface area contributed by atoms with Gasteiger partial charge in [0, 0.05) is 29.2 Å². The second kappa shape index (κ2) is 3.55. The number of hydrogen-bond donors (Lipinski definition) is 0. The molecule has 0 bridgehead atoms. The van der Waals surface area contributed by atoms with Crippen molar-refractivity contribution in [1.82, 2.24) is 4.90 Å². The van der Waals surface area contributed by atoms with E-state index in [1.54, 1.807) is 0 Å². The smallest absolute Gasteiger partial charge is 0.0383 e. The molecule has 0 N–H and O–H groups in total. The Morgan fingerprint density at radius 2 is 2.13 bits per heavy atom. The summed E-state index contributed by atoms with van der Waals surface area (Å²) < 4.78 is 0. The molecule has 1 saturated heterocycles. The first-order chi connectivity index (χ1) is 6.92. The third kappa shape index (κ3) is 1.82. The summed E-state index contributed by atoms with van der Waals surface area (Å²) in [4.78, 5) is 2.41. The summed E-state index contributed by atoms with van der Waals surface area (Å²) >= 11 is 6.10. The highest BCUT2D eigenvalue weighted by Crippen LogP contribution is 2.44. The van der Waals surface area contributed by atoms with E-state index in [0.29, 0.717) is 5.92 Å². The molecule has 1 nitrogen and oxygen atoms in total. The van der Waals surface area contributed by atoms with Crippen molar-refractivity contribution in [3.63, 3.8) is 0 Å². The van der Waals surface area contributed by atoms with E-state index in [1.807, 2.05) is 0 Å². The fourth-order valence-corrected chi connectivity index (χ4v) is 3.15. The Morgan fingerprint density at radius 1 is 1.47 bits per heavy atom. The molecule has 2 heteroatoms. The molecule has 84 valence electrons. The van der Waals surface area contributed by atoms with Crippen molar-refractivity contribution in [3.8, 4) is 0 Å². The molecule has 0 amide bonds.